The predicted molar refractivity (Wildman–Crippen MR) is 67.2 cm³/mol. The highest BCUT2D eigenvalue weighted by atomic mass is 16.5. The number of aliphatic carboxylic acids is 1. The van der Waals surface area contributed by atoms with E-state index >= 15 is 0 Å². The quantitative estimate of drug-likeness (QED) is 0.865. The molecule has 1 aromatic rings. The zero-order valence-corrected chi connectivity index (χ0v) is 10.7. The highest BCUT2D eigenvalue weighted by Crippen LogP contribution is 2.44. The average Bonchev–Trinajstić information content (AvgIpc) is 2.83. The smallest absolute Gasteiger partial charge is 0.314 e. The first-order valence-electron chi connectivity index (χ1n) is 6.13. The second kappa shape index (κ2) is 4.52. The number of carboxylic acids is 1. The van der Waals surface area contributed by atoms with Gasteiger partial charge in [-0.15, -0.1) is 0 Å². The Kier molecular flexibility index (Phi) is 3.20. The Morgan fingerprint density at radius 3 is 2.44 bits per heavy atom. The predicted octanol–water partition coefficient (Wildman–Crippen LogP) is 2.61. The molecular formula is C14H18O4. The Balaban J connectivity index is 2.56. The summed E-state index contributed by atoms with van der Waals surface area (Å²) in [5.41, 5.74) is 0.572. The molecule has 0 atom stereocenters. The van der Waals surface area contributed by atoms with Crippen molar-refractivity contribution in [3.05, 3.63) is 23.3 Å². The van der Waals surface area contributed by atoms with Gasteiger partial charge in [-0.25, -0.2) is 0 Å². The number of methoxy groups -OCH3 is 1. The molecule has 0 radical (unpaired) electrons. The van der Waals surface area contributed by atoms with Crippen molar-refractivity contribution in [3.8, 4) is 11.5 Å². The summed E-state index contributed by atoms with van der Waals surface area (Å²) < 4.78 is 5.11. The van der Waals surface area contributed by atoms with Crippen LogP contribution >= 0.6 is 0 Å². The minimum absolute atomic E-state index is 0.0831. The lowest BCUT2D eigenvalue weighted by Crippen LogP contribution is -2.32. The van der Waals surface area contributed by atoms with Crippen molar-refractivity contribution in [2.24, 2.45) is 0 Å². The van der Waals surface area contributed by atoms with Gasteiger partial charge in [0.15, 0.2) is 11.5 Å². The molecule has 18 heavy (non-hydrogen) atoms. The average molecular weight is 250 g/mol. The number of aryl methyl sites for hydroxylation is 1. The summed E-state index contributed by atoms with van der Waals surface area (Å²) in [7, 11) is 1.47. The van der Waals surface area contributed by atoms with Crippen LogP contribution in [0.25, 0.3) is 0 Å². The van der Waals surface area contributed by atoms with Crippen molar-refractivity contribution in [2.75, 3.05) is 7.11 Å². The van der Waals surface area contributed by atoms with Gasteiger partial charge in [0.2, 0.25) is 0 Å². The van der Waals surface area contributed by atoms with Gasteiger partial charge in [-0.05, 0) is 37.0 Å². The van der Waals surface area contributed by atoms with E-state index in [1.165, 1.54) is 7.11 Å². The Morgan fingerprint density at radius 2 is 1.94 bits per heavy atom. The lowest BCUT2D eigenvalue weighted by atomic mass is 9.78. The maximum absolute atomic E-state index is 11.6. The molecular weight excluding hydrogens is 232 g/mol. The second-order valence-electron chi connectivity index (χ2n) is 4.94. The number of phenols is 1. The standard InChI is InChI=1S/C14H18O4/c1-9-7-10(8-11(18-2)12(9)15)14(13(16)17)5-3-4-6-14/h7-8,15H,3-6H2,1-2H3,(H,16,17). The van der Waals surface area contributed by atoms with Crippen molar-refractivity contribution in [2.45, 2.75) is 38.0 Å². The Bertz CT molecular complexity index is 473. The molecule has 4 heteroatoms. The number of hydrogen-bond acceptors (Lipinski definition) is 3. The monoisotopic (exact) mass is 250 g/mol. The number of rotatable bonds is 3. The van der Waals surface area contributed by atoms with Gasteiger partial charge in [0.25, 0.3) is 0 Å². The minimum atomic E-state index is -0.814. The Morgan fingerprint density at radius 1 is 1.33 bits per heavy atom. The number of benzene rings is 1. The topological polar surface area (TPSA) is 66.8 Å². The normalized spacial score (nSPS) is 17.7. The third-order valence-electron chi connectivity index (χ3n) is 3.90. The van der Waals surface area contributed by atoms with Gasteiger partial charge in [-0.2, -0.15) is 0 Å². The summed E-state index contributed by atoms with van der Waals surface area (Å²) in [6, 6.07) is 3.42. The van der Waals surface area contributed by atoms with Crippen LogP contribution < -0.4 is 4.74 Å². The van der Waals surface area contributed by atoms with Crippen LogP contribution in [0.15, 0.2) is 12.1 Å². The van der Waals surface area contributed by atoms with E-state index in [1.54, 1.807) is 19.1 Å². The first-order chi connectivity index (χ1) is 8.51. The fraction of sp³-hybridized carbons (Fsp3) is 0.500. The molecule has 2 N–H and O–H groups in total. The number of carbonyl (C=O) groups is 1. The SMILES string of the molecule is COc1cc(C2(C(=O)O)CCCC2)cc(C)c1O. The maximum Gasteiger partial charge on any atom is 0.314 e. The molecule has 2 rings (SSSR count). The van der Waals surface area contributed by atoms with E-state index in [0.717, 1.165) is 18.4 Å². The van der Waals surface area contributed by atoms with E-state index in [-0.39, 0.29) is 5.75 Å². The molecule has 1 fully saturated rings. The molecule has 1 aliphatic carbocycles. The van der Waals surface area contributed by atoms with Gasteiger partial charge in [0.1, 0.15) is 0 Å². The van der Waals surface area contributed by atoms with Crippen molar-refractivity contribution in [1.82, 2.24) is 0 Å². The van der Waals surface area contributed by atoms with Crippen molar-refractivity contribution in [1.29, 1.82) is 0 Å². The van der Waals surface area contributed by atoms with Crippen molar-refractivity contribution in [3.63, 3.8) is 0 Å². The van der Waals surface area contributed by atoms with Crippen LogP contribution in [0.5, 0.6) is 11.5 Å². The van der Waals surface area contributed by atoms with Crippen LogP contribution in [0.3, 0.4) is 0 Å². The lowest BCUT2D eigenvalue weighted by Gasteiger charge is -2.25. The van der Waals surface area contributed by atoms with Crippen LogP contribution in [0.2, 0.25) is 0 Å². The number of carboxylic acid groups (broad SMARTS) is 1. The van der Waals surface area contributed by atoms with Crippen molar-refractivity contribution >= 4 is 5.97 Å². The second-order valence-corrected chi connectivity index (χ2v) is 4.94. The molecule has 1 saturated carbocycles. The molecule has 0 aromatic heterocycles. The van der Waals surface area contributed by atoms with E-state index in [9.17, 15) is 15.0 Å². The van der Waals surface area contributed by atoms with E-state index in [0.29, 0.717) is 24.2 Å². The van der Waals surface area contributed by atoms with E-state index in [1.807, 2.05) is 0 Å². The van der Waals surface area contributed by atoms with E-state index in [2.05, 4.69) is 0 Å². The van der Waals surface area contributed by atoms with Crippen LogP contribution in [0.1, 0.15) is 36.8 Å². The Hall–Kier alpha value is -1.71. The summed E-state index contributed by atoms with van der Waals surface area (Å²) in [5, 5.41) is 19.4. The highest BCUT2D eigenvalue weighted by Gasteiger charge is 2.43. The largest absolute Gasteiger partial charge is 0.504 e. The zero-order chi connectivity index (χ0) is 13.3. The summed E-state index contributed by atoms with van der Waals surface area (Å²) in [5.74, 6) is -0.357. The molecule has 0 spiro atoms. The van der Waals surface area contributed by atoms with Gasteiger partial charge in [-0.3, -0.25) is 4.79 Å². The third-order valence-corrected chi connectivity index (χ3v) is 3.90. The first kappa shape index (κ1) is 12.7. The minimum Gasteiger partial charge on any atom is -0.504 e. The molecule has 4 nitrogen and oxygen atoms in total. The molecule has 1 aromatic carbocycles. The van der Waals surface area contributed by atoms with Gasteiger partial charge in [-0.1, -0.05) is 18.9 Å². The molecule has 0 unspecified atom stereocenters. The highest BCUT2D eigenvalue weighted by molar-refractivity contribution is 5.82. The third kappa shape index (κ3) is 1.82. The molecule has 0 bridgehead atoms. The van der Waals surface area contributed by atoms with Gasteiger partial charge >= 0.3 is 5.97 Å². The van der Waals surface area contributed by atoms with Crippen LogP contribution in [-0.2, 0) is 10.2 Å². The van der Waals surface area contributed by atoms with Crippen LogP contribution in [0.4, 0.5) is 0 Å². The molecule has 98 valence electrons. The summed E-state index contributed by atoms with van der Waals surface area (Å²) in [4.78, 5) is 11.6. The zero-order valence-electron chi connectivity index (χ0n) is 10.7. The summed E-state index contributed by atoms with van der Waals surface area (Å²) in [6.45, 7) is 1.76. The number of aromatic hydroxyl groups is 1. The van der Waals surface area contributed by atoms with Gasteiger partial charge in [0.05, 0.1) is 12.5 Å². The summed E-state index contributed by atoms with van der Waals surface area (Å²) >= 11 is 0. The lowest BCUT2D eigenvalue weighted by molar-refractivity contribution is -0.143. The van der Waals surface area contributed by atoms with E-state index in [4.69, 9.17) is 4.74 Å². The molecule has 1 aliphatic rings. The number of hydrogen-bond donors (Lipinski definition) is 2. The van der Waals surface area contributed by atoms with Crippen LogP contribution in [-0.4, -0.2) is 23.3 Å². The molecule has 0 heterocycles. The van der Waals surface area contributed by atoms with Gasteiger partial charge in [0, 0.05) is 0 Å². The molecule has 0 aliphatic heterocycles. The molecule has 0 saturated heterocycles. The maximum atomic E-state index is 11.6. The van der Waals surface area contributed by atoms with E-state index < -0.39 is 11.4 Å². The van der Waals surface area contributed by atoms with Crippen LogP contribution in [0, 0.1) is 6.92 Å². The van der Waals surface area contributed by atoms with Crippen molar-refractivity contribution < 1.29 is 19.7 Å². The Labute approximate surface area is 106 Å². The van der Waals surface area contributed by atoms with Gasteiger partial charge < -0.3 is 14.9 Å². The fourth-order valence-electron chi connectivity index (χ4n) is 2.78. The summed E-state index contributed by atoms with van der Waals surface area (Å²) in [6.07, 6.45) is 3.15. The number of ether oxygens (including phenoxy) is 1. The number of phenolic OH excluding ortho intramolecular Hbond substituents is 1. The molecule has 0 amide bonds. The first-order valence-corrected chi connectivity index (χ1v) is 6.13. The fourth-order valence-corrected chi connectivity index (χ4v) is 2.78.